The van der Waals surface area contributed by atoms with Crippen LogP contribution in [0.1, 0.15) is 35.3 Å². The van der Waals surface area contributed by atoms with Gasteiger partial charge in [-0.1, -0.05) is 30.7 Å². The van der Waals surface area contributed by atoms with E-state index in [-0.39, 0.29) is 11.9 Å². The number of hydrogen-bond acceptors (Lipinski definition) is 2. The van der Waals surface area contributed by atoms with Crippen molar-refractivity contribution in [3.8, 4) is 0 Å². The van der Waals surface area contributed by atoms with Crippen molar-refractivity contribution in [1.29, 1.82) is 0 Å². The largest absolute Gasteiger partial charge is 0.305 e. The molecule has 0 saturated carbocycles. The Morgan fingerprint density at radius 3 is 2.68 bits per heavy atom. The number of nitrogens with zero attached hydrogens (tertiary/aromatic N) is 1. The number of benzene rings is 1. The fraction of sp³-hybridized carbons (Fsp3) is 0.312. The lowest BCUT2D eigenvalue weighted by Crippen LogP contribution is -2.24. The van der Waals surface area contributed by atoms with Gasteiger partial charge in [0.15, 0.2) is 0 Å². The molecule has 0 bridgehead atoms. The zero-order valence-corrected chi connectivity index (χ0v) is 11.6. The lowest BCUT2D eigenvalue weighted by Gasteiger charge is -2.20. The minimum absolute atomic E-state index is 0.202. The highest BCUT2D eigenvalue weighted by Crippen LogP contribution is 2.25. The Labute approximate surface area is 113 Å². The fourth-order valence-corrected chi connectivity index (χ4v) is 2.32. The van der Waals surface area contributed by atoms with Gasteiger partial charge in [0.25, 0.3) is 0 Å². The molecule has 1 aromatic carbocycles. The maximum absolute atomic E-state index is 14.0. The molecule has 2 nitrogen and oxygen atoms in total. The average molecular weight is 258 g/mol. The third-order valence-electron chi connectivity index (χ3n) is 3.20. The van der Waals surface area contributed by atoms with Crippen LogP contribution in [0.3, 0.4) is 0 Å². The quantitative estimate of drug-likeness (QED) is 0.907. The molecule has 1 N–H and O–H groups in total. The number of aromatic nitrogens is 1. The van der Waals surface area contributed by atoms with Crippen LogP contribution in [-0.4, -0.2) is 11.5 Å². The second-order valence-electron chi connectivity index (χ2n) is 4.72. The van der Waals surface area contributed by atoms with Crippen LogP contribution in [0.15, 0.2) is 36.5 Å². The summed E-state index contributed by atoms with van der Waals surface area (Å²) in [4.78, 5) is 4.20. The van der Waals surface area contributed by atoms with Gasteiger partial charge in [-0.05, 0) is 43.7 Å². The molecule has 0 saturated heterocycles. The molecule has 1 atom stereocenters. The molecule has 0 aliphatic rings. The van der Waals surface area contributed by atoms with Crippen molar-refractivity contribution in [3.63, 3.8) is 0 Å². The second kappa shape index (κ2) is 5.93. The molecule has 1 aromatic heterocycles. The first kappa shape index (κ1) is 13.7. The van der Waals surface area contributed by atoms with Crippen LogP contribution in [0.25, 0.3) is 0 Å². The van der Waals surface area contributed by atoms with Crippen LogP contribution in [0.4, 0.5) is 4.39 Å². The van der Waals surface area contributed by atoms with Crippen LogP contribution in [0, 0.1) is 19.7 Å². The molecular formula is C16H19FN2. The van der Waals surface area contributed by atoms with Gasteiger partial charge in [0.05, 0.1) is 11.7 Å². The van der Waals surface area contributed by atoms with Crippen molar-refractivity contribution in [2.75, 3.05) is 6.54 Å². The van der Waals surface area contributed by atoms with E-state index in [1.165, 1.54) is 11.6 Å². The van der Waals surface area contributed by atoms with E-state index in [4.69, 9.17) is 0 Å². The van der Waals surface area contributed by atoms with E-state index in [1.54, 1.807) is 12.3 Å². The van der Waals surface area contributed by atoms with Crippen LogP contribution in [0.5, 0.6) is 0 Å². The molecule has 0 spiro atoms. The molecule has 0 radical (unpaired) electrons. The minimum atomic E-state index is -0.270. The SMILES string of the molecule is CCNC(c1ccc(C)cc1C)c1ncccc1F. The Balaban J connectivity index is 2.48. The maximum Gasteiger partial charge on any atom is 0.146 e. The third-order valence-corrected chi connectivity index (χ3v) is 3.20. The number of halogens is 1. The first-order valence-electron chi connectivity index (χ1n) is 6.54. The first-order chi connectivity index (χ1) is 9.13. The molecule has 1 heterocycles. The summed E-state index contributed by atoms with van der Waals surface area (Å²) in [6.45, 7) is 6.87. The summed E-state index contributed by atoms with van der Waals surface area (Å²) >= 11 is 0. The molecule has 2 rings (SSSR count). The van der Waals surface area contributed by atoms with E-state index >= 15 is 0 Å². The summed E-state index contributed by atoms with van der Waals surface area (Å²) in [5, 5.41) is 3.31. The smallest absolute Gasteiger partial charge is 0.146 e. The summed E-state index contributed by atoms with van der Waals surface area (Å²) in [6.07, 6.45) is 1.63. The standard InChI is InChI=1S/C16H19FN2/c1-4-18-15(16-14(17)6-5-9-19-16)13-8-7-11(2)10-12(13)3/h5-10,15,18H,4H2,1-3H3. The predicted molar refractivity (Wildman–Crippen MR) is 75.6 cm³/mol. The van der Waals surface area contributed by atoms with E-state index in [2.05, 4.69) is 23.3 Å². The van der Waals surface area contributed by atoms with Crippen molar-refractivity contribution < 1.29 is 4.39 Å². The summed E-state index contributed by atoms with van der Waals surface area (Å²) in [7, 11) is 0. The van der Waals surface area contributed by atoms with E-state index in [0.717, 1.165) is 17.7 Å². The lowest BCUT2D eigenvalue weighted by atomic mass is 9.96. The minimum Gasteiger partial charge on any atom is -0.305 e. The van der Waals surface area contributed by atoms with Crippen molar-refractivity contribution in [2.45, 2.75) is 26.8 Å². The summed E-state index contributed by atoms with van der Waals surface area (Å²) in [5.41, 5.74) is 3.88. The van der Waals surface area contributed by atoms with Crippen molar-refractivity contribution in [2.24, 2.45) is 0 Å². The van der Waals surface area contributed by atoms with Crippen molar-refractivity contribution in [3.05, 3.63) is 64.7 Å². The molecule has 0 amide bonds. The fourth-order valence-electron chi connectivity index (χ4n) is 2.32. The molecule has 100 valence electrons. The molecule has 19 heavy (non-hydrogen) atoms. The monoisotopic (exact) mass is 258 g/mol. The molecule has 0 fully saturated rings. The zero-order chi connectivity index (χ0) is 13.8. The Morgan fingerprint density at radius 1 is 1.26 bits per heavy atom. The van der Waals surface area contributed by atoms with Gasteiger partial charge in [-0.25, -0.2) is 4.39 Å². The maximum atomic E-state index is 14.0. The Bertz CT molecular complexity index is 566. The second-order valence-corrected chi connectivity index (χ2v) is 4.72. The topological polar surface area (TPSA) is 24.9 Å². The van der Waals surface area contributed by atoms with E-state index in [0.29, 0.717) is 5.69 Å². The predicted octanol–water partition coefficient (Wildman–Crippen LogP) is 3.54. The van der Waals surface area contributed by atoms with Crippen LogP contribution < -0.4 is 5.32 Å². The molecule has 1 unspecified atom stereocenters. The third kappa shape index (κ3) is 2.99. The summed E-state index contributed by atoms with van der Waals surface area (Å²) in [5.74, 6) is -0.270. The average Bonchev–Trinajstić information content (AvgIpc) is 2.38. The number of rotatable bonds is 4. The Morgan fingerprint density at radius 2 is 2.05 bits per heavy atom. The molecule has 2 aromatic rings. The van der Waals surface area contributed by atoms with E-state index < -0.39 is 0 Å². The van der Waals surface area contributed by atoms with Gasteiger partial charge in [-0.15, -0.1) is 0 Å². The van der Waals surface area contributed by atoms with E-state index in [9.17, 15) is 4.39 Å². The number of nitrogens with one attached hydrogen (secondary N) is 1. The van der Waals surface area contributed by atoms with Crippen LogP contribution in [-0.2, 0) is 0 Å². The Kier molecular flexibility index (Phi) is 4.27. The summed E-state index contributed by atoms with van der Waals surface area (Å²) < 4.78 is 14.0. The highest BCUT2D eigenvalue weighted by atomic mass is 19.1. The van der Waals surface area contributed by atoms with Gasteiger partial charge < -0.3 is 5.32 Å². The van der Waals surface area contributed by atoms with Crippen molar-refractivity contribution >= 4 is 0 Å². The van der Waals surface area contributed by atoms with Crippen LogP contribution >= 0.6 is 0 Å². The normalized spacial score (nSPS) is 12.4. The zero-order valence-electron chi connectivity index (χ0n) is 11.6. The van der Waals surface area contributed by atoms with Crippen molar-refractivity contribution in [1.82, 2.24) is 10.3 Å². The van der Waals surface area contributed by atoms with Gasteiger partial charge in [0.1, 0.15) is 5.82 Å². The van der Waals surface area contributed by atoms with E-state index in [1.807, 2.05) is 26.0 Å². The molecular weight excluding hydrogens is 239 g/mol. The lowest BCUT2D eigenvalue weighted by molar-refractivity contribution is 0.541. The Hall–Kier alpha value is -1.74. The molecule has 0 aliphatic carbocycles. The number of aryl methyl sites for hydroxylation is 2. The molecule has 3 heteroatoms. The summed E-state index contributed by atoms with van der Waals surface area (Å²) in [6, 6.07) is 9.08. The van der Waals surface area contributed by atoms with Gasteiger partial charge in [-0.3, -0.25) is 4.98 Å². The van der Waals surface area contributed by atoms with Crippen LogP contribution in [0.2, 0.25) is 0 Å². The molecule has 0 aliphatic heterocycles. The highest BCUT2D eigenvalue weighted by Gasteiger charge is 2.19. The van der Waals surface area contributed by atoms with Gasteiger partial charge in [0, 0.05) is 6.20 Å². The number of pyridine rings is 1. The first-order valence-corrected chi connectivity index (χ1v) is 6.54. The highest BCUT2D eigenvalue weighted by molar-refractivity contribution is 5.37. The van der Waals surface area contributed by atoms with Gasteiger partial charge in [0.2, 0.25) is 0 Å². The van der Waals surface area contributed by atoms with Gasteiger partial charge in [-0.2, -0.15) is 0 Å². The van der Waals surface area contributed by atoms with Gasteiger partial charge >= 0.3 is 0 Å². The number of hydrogen-bond donors (Lipinski definition) is 1.